The molecule has 1 aliphatic rings. The number of hydrogen-bond acceptors (Lipinski definition) is 6. The van der Waals surface area contributed by atoms with Crippen molar-refractivity contribution in [2.75, 3.05) is 11.5 Å². The minimum Gasteiger partial charge on any atom is -0.353 e. The number of aromatic nitrogens is 2. The Labute approximate surface area is 153 Å². The van der Waals surface area contributed by atoms with Gasteiger partial charge in [-0.3, -0.25) is 4.79 Å². The second-order valence-corrected chi connectivity index (χ2v) is 9.03. The maximum Gasteiger partial charge on any atom is 0.226 e. The van der Waals surface area contributed by atoms with E-state index in [9.17, 15) is 13.2 Å². The number of aryl methyl sites for hydroxylation is 2. The van der Waals surface area contributed by atoms with Crippen molar-refractivity contribution in [3.63, 3.8) is 0 Å². The topological polar surface area (TPSA) is 102 Å². The molecule has 1 aromatic heterocycles. The maximum atomic E-state index is 12.0. The van der Waals surface area contributed by atoms with Gasteiger partial charge >= 0.3 is 0 Å². The number of nitrogens with zero attached hydrogens (tertiary/aromatic N) is 2. The van der Waals surface area contributed by atoms with Gasteiger partial charge in [-0.05, 0) is 32.3 Å². The van der Waals surface area contributed by atoms with Gasteiger partial charge < -0.3 is 9.84 Å². The zero-order valence-corrected chi connectivity index (χ0v) is 15.6. The van der Waals surface area contributed by atoms with Crippen LogP contribution in [0.25, 0.3) is 11.4 Å². The van der Waals surface area contributed by atoms with Crippen LogP contribution in [0, 0.1) is 6.92 Å². The molecule has 1 saturated heterocycles. The molecule has 2 heterocycles. The number of carbonyl (C=O) groups excluding carboxylic acids is 1. The molecule has 0 saturated carbocycles. The van der Waals surface area contributed by atoms with Gasteiger partial charge in [0, 0.05) is 24.4 Å². The Morgan fingerprint density at radius 2 is 2.08 bits per heavy atom. The van der Waals surface area contributed by atoms with Crippen LogP contribution in [0.5, 0.6) is 0 Å². The molecule has 0 radical (unpaired) electrons. The van der Waals surface area contributed by atoms with Crippen LogP contribution in [0.1, 0.15) is 37.1 Å². The van der Waals surface area contributed by atoms with Crippen LogP contribution in [0.15, 0.2) is 28.8 Å². The van der Waals surface area contributed by atoms with Crippen LogP contribution < -0.4 is 5.32 Å². The predicted octanol–water partition coefficient (Wildman–Crippen LogP) is 2.06. The summed E-state index contributed by atoms with van der Waals surface area (Å²) in [5.41, 5.74) is 2.03. The summed E-state index contributed by atoms with van der Waals surface area (Å²) in [6.07, 6.45) is 2.48. The van der Waals surface area contributed by atoms with Gasteiger partial charge in [0.25, 0.3) is 0 Å². The number of nitrogens with one attached hydrogen (secondary N) is 1. The normalized spacial score (nSPS) is 17.1. The molecule has 7 nitrogen and oxygen atoms in total. The van der Waals surface area contributed by atoms with Crippen molar-refractivity contribution < 1.29 is 17.7 Å². The third-order valence-corrected chi connectivity index (χ3v) is 6.17. The molecule has 8 heteroatoms. The first-order valence-corrected chi connectivity index (χ1v) is 10.6. The molecule has 0 unspecified atom stereocenters. The molecule has 3 rings (SSSR count). The van der Waals surface area contributed by atoms with E-state index < -0.39 is 9.84 Å². The molecule has 1 aliphatic heterocycles. The Kier molecular flexibility index (Phi) is 5.70. The smallest absolute Gasteiger partial charge is 0.226 e. The third-order valence-electron chi connectivity index (χ3n) is 4.46. The largest absolute Gasteiger partial charge is 0.353 e. The van der Waals surface area contributed by atoms with Gasteiger partial charge in [-0.2, -0.15) is 4.98 Å². The molecule has 2 aromatic rings. The summed E-state index contributed by atoms with van der Waals surface area (Å²) in [6.45, 7) is 2.00. The minimum atomic E-state index is -2.91. The van der Waals surface area contributed by atoms with Crippen molar-refractivity contribution >= 4 is 15.7 Å². The number of sulfone groups is 1. The lowest BCUT2D eigenvalue weighted by atomic mass is 10.1. The molecular formula is C18H23N3O4S. The van der Waals surface area contributed by atoms with E-state index >= 15 is 0 Å². The van der Waals surface area contributed by atoms with Crippen LogP contribution in [0.3, 0.4) is 0 Å². The van der Waals surface area contributed by atoms with Gasteiger partial charge in [-0.25, -0.2) is 8.42 Å². The van der Waals surface area contributed by atoms with Crippen LogP contribution in [0.2, 0.25) is 0 Å². The van der Waals surface area contributed by atoms with E-state index in [-0.39, 0.29) is 23.5 Å². The zero-order chi connectivity index (χ0) is 18.6. The fourth-order valence-electron chi connectivity index (χ4n) is 2.99. The fourth-order valence-corrected chi connectivity index (χ4v) is 4.48. The molecule has 0 atom stereocenters. The number of amides is 1. The highest BCUT2D eigenvalue weighted by atomic mass is 32.2. The van der Waals surface area contributed by atoms with E-state index in [4.69, 9.17) is 4.52 Å². The molecule has 0 spiro atoms. The third kappa shape index (κ3) is 5.14. The van der Waals surface area contributed by atoms with Crippen molar-refractivity contribution in [3.8, 4) is 11.4 Å². The Morgan fingerprint density at radius 1 is 1.31 bits per heavy atom. The van der Waals surface area contributed by atoms with Crippen molar-refractivity contribution in [3.05, 3.63) is 35.7 Å². The van der Waals surface area contributed by atoms with Crippen molar-refractivity contribution in [1.82, 2.24) is 15.5 Å². The predicted molar refractivity (Wildman–Crippen MR) is 97.2 cm³/mol. The molecule has 0 bridgehead atoms. The van der Waals surface area contributed by atoms with Crippen LogP contribution in [-0.4, -0.2) is 42.0 Å². The summed E-state index contributed by atoms with van der Waals surface area (Å²) in [5.74, 6) is 1.31. The summed E-state index contributed by atoms with van der Waals surface area (Å²) in [6, 6.07) is 7.83. The summed E-state index contributed by atoms with van der Waals surface area (Å²) >= 11 is 0. The Bertz CT molecular complexity index is 862. The second kappa shape index (κ2) is 7.99. The number of hydrogen-bond donors (Lipinski definition) is 1. The average Bonchev–Trinajstić information content (AvgIpc) is 3.06. The molecule has 1 aromatic carbocycles. The minimum absolute atomic E-state index is 0.0395. The van der Waals surface area contributed by atoms with Gasteiger partial charge in [-0.15, -0.1) is 0 Å². The van der Waals surface area contributed by atoms with Gasteiger partial charge in [0.05, 0.1) is 11.5 Å². The number of carbonyl (C=O) groups is 1. The van der Waals surface area contributed by atoms with E-state index in [1.54, 1.807) is 0 Å². The zero-order valence-electron chi connectivity index (χ0n) is 14.8. The quantitative estimate of drug-likeness (QED) is 0.827. The number of rotatable bonds is 6. The lowest BCUT2D eigenvalue weighted by Crippen LogP contribution is -2.40. The van der Waals surface area contributed by atoms with Gasteiger partial charge in [-0.1, -0.05) is 28.9 Å². The van der Waals surface area contributed by atoms with Crippen molar-refractivity contribution in [1.29, 1.82) is 0 Å². The van der Waals surface area contributed by atoms with Crippen LogP contribution in [0.4, 0.5) is 0 Å². The van der Waals surface area contributed by atoms with E-state index in [0.29, 0.717) is 43.8 Å². The fraction of sp³-hybridized carbons (Fsp3) is 0.500. The Morgan fingerprint density at radius 3 is 2.81 bits per heavy atom. The van der Waals surface area contributed by atoms with Gasteiger partial charge in [0.15, 0.2) is 0 Å². The highest BCUT2D eigenvalue weighted by Gasteiger charge is 2.24. The Hall–Kier alpha value is -2.22. The summed E-state index contributed by atoms with van der Waals surface area (Å²) in [4.78, 5) is 16.4. The second-order valence-electron chi connectivity index (χ2n) is 6.73. The van der Waals surface area contributed by atoms with Gasteiger partial charge in [0.2, 0.25) is 17.6 Å². The van der Waals surface area contributed by atoms with Crippen molar-refractivity contribution in [2.24, 2.45) is 0 Å². The average molecular weight is 377 g/mol. The first-order chi connectivity index (χ1) is 12.4. The molecule has 26 heavy (non-hydrogen) atoms. The number of benzene rings is 1. The SMILES string of the molecule is Cc1cccc(-c2noc(CCCC(=O)NC3CCS(=O)(=O)CC3)n2)c1. The Balaban J connectivity index is 1.43. The van der Waals surface area contributed by atoms with Crippen LogP contribution in [-0.2, 0) is 21.1 Å². The van der Waals surface area contributed by atoms with Gasteiger partial charge in [0.1, 0.15) is 9.84 Å². The van der Waals surface area contributed by atoms with E-state index in [1.807, 2.05) is 31.2 Å². The lowest BCUT2D eigenvalue weighted by molar-refractivity contribution is -0.121. The summed E-state index contributed by atoms with van der Waals surface area (Å²) in [7, 11) is -2.91. The van der Waals surface area contributed by atoms with Crippen molar-refractivity contribution in [2.45, 2.75) is 45.1 Å². The first-order valence-electron chi connectivity index (χ1n) is 8.81. The molecule has 1 N–H and O–H groups in total. The summed E-state index contributed by atoms with van der Waals surface area (Å²) < 4.78 is 28.0. The molecule has 1 amide bonds. The first kappa shape index (κ1) is 18.6. The van der Waals surface area contributed by atoms with E-state index in [2.05, 4.69) is 15.5 Å². The molecule has 0 aliphatic carbocycles. The lowest BCUT2D eigenvalue weighted by Gasteiger charge is -2.22. The maximum absolute atomic E-state index is 12.0. The molecule has 140 valence electrons. The highest BCUT2D eigenvalue weighted by Crippen LogP contribution is 2.18. The summed E-state index contributed by atoms with van der Waals surface area (Å²) in [5, 5.41) is 6.90. The van der Waals surface area contributed by atoms with E-state index in [0.717, 1.165) is 11.1 Å². The van der Waals surface area contributed by atoms with E-state index in [1.165, 1.54) is 0 Å². The highest BCUT2D eigenvalue weighted by molar-refractivity contribution is 7.91. The van der Waals surface area contributed by atoms with Crippen LogP contribution >= 0.6 is 0 Å². The monoisotopic (exact) mass is 377 g/mol. The standard InChI is InChI=1S/C18H23N3O4S/c1-13-4-2-5-14(12-13)18-20-17(25-21-18)7-3-6-16(22)19-15-8-10-26(23,24)11-9-15/h2,4-5,12,15H,3,6-11H2,1H3,(H,19,22). The molecule has 1 fully saturated rings. The molecular weight excluding hydrogens is 354 g/mol.